The molecule has 0 aliphatic carbocycles. The number of benzene rings is 4. The second-order valence-electron chi connectivity index (χ2n) is 9.64. The number of ether oxygens (including phenoxy) is 2. The lowest BCUT2D eigenvalue weighted by Gasteiger charge is -2.32. The van der Waals surface area contributed by atoms with E-state index in [0.29, 0.717) is 22.7 Å². The summed E-state index contributed by atoms with van der Waals surface area (Å²) in [6.45, 7) is 0.227. The fourth-order valence-electron chi connectivity index (χ4n) is 4.46. The molecule has 4 rings (SSSR count). The summed E-state index contributed by atoms with van der Waals surface area (Å²) in [7, 11) is 7.11. The van der Waals surface area contributed by atoms with Gasteiger partial charge in [0.1, 0.15) is 17.5 Å². The zero-order valence-electron chi connectivity index (χ0n) is 23.3. The average Bonchev–Trinajstić information content (AvgIpc) is 2.98. The van der Waals surface area contributed by atoms with Crippen LogP contribution < -0.4 is 19.7 Å². The van der Waals surface area contributed by atoms with Crippen LogP contribution in [0.2, 0.25) is 0 Å². The van der Waals surface area contributed by atoms with Gasteiger partial charge in [0, 0.05) is 32.0 Å². The van der Waals surface area contributed by atoms with Crippen LogP contribution in [0, 0.1) is 0 Å². The lowest BCUT2D eigenvalue weighted by molar-refractivity contribution is -0.139. The Morgan fingerprint density at radius 3 is 2.05 bits per heavy atom. The van der Waals surface area contributed by atoms with Gasteiger partial charge in [-0.3, -0.25) is 9.59 Å². The number of anilines is 2. The van der Waals surface area contributed by atoms with E-state index >= 15 is 0 Å². The van der Waals surface area contributed by atoms with Crippen LogP contribution >= 0.6 is 0 Å². The van der Waals surface area contributed by atoms with Gasteiger partial charge in [-0.2, -0.15) is 0 Å². The molecule has 4 aromatic rings. The molecule has 1 atom stereocenters. The van der Waals surface area contributed by atoms with Crippen molar-refractivity contribution < 1.29 is 19.1 Å². The van der Waals surface area contributed by atoms with Gasteiger partial charge in [0.15, 0.2) is 0 Å². The summed E-state index contributed by atoms with van der Waals surface area (Å²) in [5.74, 6) is 0.827. The molecule has 0 saturated carbocycles. The molecule has 1 unspecified atom stereocenters. The molecular formula is C33H35N3O4. The monoisotopic (exact) mass is 537 g/mol. The first-order valence-electron chi connectivity index (χ1n) is 13.1. The number of nitrogens with zero attached hydrogens (tertiary/aromatic N) is 2. The number of hydrogen-bond acceptors (Lipinski definition) is 5. The molecule has 0 aliphatic heterocycles. The molecular weight excluding hydrogens is 502 g/mol. The van der Waals surface area contributed by atoms with Crippen LogP contribution in [-0.4, -0.2) is 45.0 Å². The van der Waals surface area contributed by atoms with Gasteiger partial charge in [0.2, 0.25) is 5.91 Å². The Morgan fingerprint density at radius 1 is 0.750 bits per heavy atom. The predicted octanol–water partition coefficient (Wildman–Crippen LogP) is 5.72. The molecule has 0 heterocycles. The smallest absolute Gasteiger partial charge is 0.251 e. The van der Waals surface area contributed by atoms with E-state index in [4.69, 9.17) is 9.47 Å². The van der Waals surface area contributed by atoms with Crippen LogP contribution in [0.15, 0.2) is 103 Å². The second kappa shape index (κ2) is 13.3. The molecule has 0 spiro atoms. The van der Waals surface area contributed by atoms with E-state index in [9.17, 15) is 9.59 Å². The van der Waals surface area contributed by atoms with Crippen molar-refractivity contribution in [1.29, 1.82) is 0 Å². The average molecular weight is 538 g/mol. The normalized spacial score (nSPS) is 11.3. The Bertz CT molecular complexity index is 1400. The lowest BCUT2D eigenvalue weighted by atomic mass is 10.0. The first-order valence-corrected chi connectivity index (χ1v) is 13.1. The van der Waals surface area contributed by atoms with Gasteiger partial charge in [-0.15, -0.1) is 0 Å². The van der Waals surface area contributed by atoms with E-state index < -0.39 is 6.04 Å². The van der Waals surface area contributed by atoms with E-state index in [2.05, 4.69) is 5.32 Å². The topological polar surface area (TPSA) is 71.1 Å². The van der Waals surface area contributed by atoms with Crippen LogP contribution in [0.5, 0.6) is 11.5 Å². The lowest BCUT2D eigenvalue weighted by Crippen LogP contribution is -2.41. The maximum absolute atomic E-state index is 14.0. The molecule has 0 aromatic heterocycles. The van der Waals surface area contributed by atoms with Gasteiger partial charge in [-0.05, 0) is 65.2 Å². The number of nitrogens with one attached hydrogen (secondary N) is 1. The Kier molecular flexibility index (Phi) is 9.41. The van der Waals surface area contributed by atoms with Crippen molar-refractivity contribution in [1.82, 2.24) is 4.90 Å². The van der Waals surface area contributed by atoms with E-state index in [-0.39, 0.29) is 24.8 Å². The van der Waals surface area contributed by atoms with E-state index in [1.54, 1.807) is 25.2 Å². The fraction of sp³-hybridized carbons (Fsp3) is 0.212. The van der Waals surface area contributed by atoms with Crippen molar-refractivity contribution in [2.24, 2.45) is 0 Å². The quantitative estimate of drug-likeness (QED) is 0.265. The van der Waals surface area contributed by atoms with Crippen molar-refractivity contribution >= 4 is 23.2 Å². The van der Waals surface area contributed by atoms with Gasteiger partial charge >= 0.3 is 0 Å². The molecule has 0 bridgehead atoms. The highest BCUT2D eigenvalue weighted by Crippen LogP contribution is 2.29. The van der Waals surface area contributed by atoms with Gasteiger partial charge in [0.05, 0.1) is 20.6 Å². The first kappa shape index (κ1) is 28.2. The molecule has 2 amide bonds. The fourth-order valence-corrected chi connectivity index (χ4v) is 4.46. The minimum Gasteiger partial charge on any atom is -0.497 e. The molecule has 0 saturated heterocycles. The summed E-state index contributed by atoms with van der Waals surface area (Å²) < 4.78 is 10.8. The van der Waals surface area contributed by atoms with Gasteiger partial charge in [-0.1, -0.05) is 54.6 Å². The van der Waals surface area contributed by atoms with Gasteiger partial charge in [-0.25, -0.2) is 0 Å². The summed E-state index contributed by atoms with van der Waals surface area (Å²) in [6.07, 6.45) is 0.155. The highest BCUT2D eigenvalue weighted by molar-refractivity contribution is 5.98. The van der Waals surface area contributed by atoms with Crippen LogP contribution in [0.25, 0.3) is 0 Å². The Labute approximate surface area is 236 Å². The number of hydrogen-bond donors (Lipinski definition) is 1. The number of carbonyl (C=O) groups excluding carboxylic acids is 2. The first-order chi connectivity index (χ1) is 19.4. The maximum Gasteiger partial charge on any atom is 0.251 e. The van der Waals surface area contributed by atoms with Crippen LogP contribution in [0.3, 0.4) is 0 Å². The summed E-state index contributed by atoms with van der Waals surface area (Å²) >= 11 is 0. The zero-order chi connectivity index (χ0) is 28.5. The largest absolute Gasteiger partial charge is 0.497 e. The number of carbonyl (C=O) groups is 2. The van der Waals surface area contributed by atoms with E-state index in [1.165, 1.54) is 0 Å². The Morgan fingerprint density at radius 2 is 1.43 bits per heavy atom. The minimum atomic E-state index is -0.915. The van der Waals surface area contributed by atoms with Crippen molar-refractivity contribution in [3.63, 3.8) is 0 Å². The van der Waals surface area contributed by atoms with E-state index in [0.717, 1.165) is 16.8 Å². The summed E-state index contributed by atoms with van der Waals surface area (Å²) in [5, 5.41) is 3.04. The Balaban J connectivity index is 1.74. The number of rotatable bonds is 11. The van der Waals surface area contributed by atoms with Crippen molar-refractivity contribution in [3.05, 3.63) is 120 Å². The SMILES string of the molecule is COc1ccc(CN(C(=O)Cc2ccccc2)C(C(=O)Nc2ccc(N(C)C)cc2)c2cccc(OC)c2)cc1. The van der Waals surface area contributed by atoms with E-state index in [1.807, 2.05) is 116 Å². The molecule has 7 heteroatoms. The summed E-state index contributed by atoms with van der Waals surface area (Å²) in [6, 6.07) is 31.0. The van der Waals surface area contributed by atoms with Crippen molar-refractivity contribution in [2.75, 3.05) is 38.5 Å². The molecule has 4 aromatic carbocycles. The molecule has 206 valence electrons. The molecule has 0 aliphatic rings. The maximum atomic E-state index is 14.0. The predicted molar refractivity (Wildman–Crippen MR) is 159 cm³/mol. The third-order valence-electron chi connectivity index (χ3n) is 6.65. The number of amides is 2. The molecule has 1 N–H and O–H groups in total. The summed E-state index contributed by atoms with van der Waals surface area (Å²) in [5.41, 5.74) is 4.05. The second-order valence-corrected chi connectivity index (χ2v) is 9.64. The third kappa shape index (κ3) is 7.20. The highest BCUT2D eigenvalue weighted by Gasteiger charge is 2.32. The van der Waals surface area contributed by atoms with Gasteiger partial charge < -0.3 is 24.6 Å². The molecule has 0 radical (unpaired) electrons. The van der Waals surface area contributed by atoms with Crippen molar-refractivity contribution in [3.8, 4) is 11.5 Å². The van der Waals surface area contributed by atoms with Crippen LogP contribution in [-0.2, 0) is 22.6 Å². The molecule has 0 fully saturated rings. The molecule has 40 heavy (non-hydrogen) atoms. The zero-order valence-corrected chi connectivity index (χ0v) is 23.3. The molecule has 7 nitrogen and oxygen atoms in total. The third-order valence-corrected chi connectivity index (χ3v) is 6.65. The highest BCUT2D eigenvalue weighted by atomic mass is 16.5. The standard InChI is InChI=1S/C33H35N3O4/c1-35(2)28-17-15-27(16-18-28)34-33(38)32(26-11-8-12-30(22-26)40-4)36(23-25-13-19-29(39-3)20-14-25)31(37)21-24-9-6-5-7-10-24/h5-20,22,32H,21,23H2,1-4H3,(H,34,38). The number of methoxy groups -OCH3 is 2. The Hall–Kier alpha value is -4.78. The van der Waals surface area contributed by atoms with Crippen LogP contribution in [0.1, 0.15) is 22.7 Å². The summed E-state index contributed by atoms with van der Waals surface area (Å²) in [4.78, 5) is 31.6. The van der Waals surface area contributed by atoms with Crippen molar-refractivity contribution in [2.45, 2.75) is 19.0 Å². The van der Waals surface area contributed by atoms with Gasteiger partial charge in [0.25, 0.3) is 5.91 Å². The van der Waals surface area contributed by atoms with Crippen LogP contribution in [0.4, 0.5) is 11.4 Å². The minimum absolute atomic E-state index is 0.155.